The Bertz CT molecular complexity index is 408. The Morgan fingerprint density at radius 2 is 2.06 bits per heavy atom. The van der Waals surface area contributed by atoms with Crippen molar-refractivity contribution in [2.45, 2.75) is 32.4 Å². The number of rotatable bonds is 5. The summed E-state index contributed by atoms with van der Waals surface area (Å²) in [6.07, 6.45) is 1.55. The molecule has 0 radical (unpaired) electrons. The average molecular weight is 251 g/mol. The van der Waals surface area contributed by atoms with Crippen molar-refractivity contribution in [2.75, 3.05) is 0 Å². The van der Waals surface area contributed by atoms with E-state index in [1.165, 1.54) is 0 Å². The summed E-state index contributed by atoms with van der Waals surface area (Å²) >= 11 is 0. The molecule has 98 valence electrons. The second-order valence-corrected chi connectivity index (χ2v) is 4.09. The summed E-state index contributed by atoms with van der Waals surface area (Å²) < 4.78 is 0. The van der Waals surface area contributed by atoms with Crippen LogP contribution in [0.25, 0.3) is 0 Å². The number of carboxylic acids is 1. The molecule has 0 saturated heterocycles. The number of nitrogens with one attached hydrogen (secondary N) is 2. The molecule has 0 aliphatic rings. The van der Waals surface area contributed by atoms with Crippen LogP contribution in [0.2, 0.25) is 0 Å². The first-order valence-electron chi connectivity index (χ1n) is 5.68. The van der Waals surface area contributed by atoms with E-state index in [1.54, 1.807) is 19.2 Å². The molecule has 3 N–H and O–H groups in total. The molecular formula is C12H17N3O3. The summed E-state index contributed by atoms with van der Waals surface area (Å²) in [7, 11) is 0. The summed E-state index contributed by atoms with van der Waals surface area (Å²) in [6.45, 7) is 3.45. The van der Waals surface area contributed by atoms with E-state index in [1.807, 2.05) is 19.1 Å². The Labute approximate surface area is 105 Å². The largest absolute Gasteiger partial charge is 0.481 e. The number of carboxylic acid groups (broad SMARTS) is 1. The zero-order chi connectivity index (χ0) is 13.5. The Kier molecular flexibility index (Phi) is 5.10. The summed E-state index contributed by atoms with van der Waals surface area (Å²) in [5.74, 6) is -0.944. The Morgan fingerprint density at radius 1 is 1.33 bits per heavy atom. The molecule has 6 nitrogen and oxygen atoms in total. The first-order chi connectivity index (χ1) is 8.49. The summed E-state index contributed by atoms with van der Waals surface area (Å²) in [5, 5.41) is 13.8. The molecule has 18 heavy (non-hydrogen) atoms. The van der Waals surface area contributed by atoms with Crippen molar-refractivity contribution >= 4 is 12.0 Å². The molecule has 1 aromatic heterocycles. The Morgan fingerprint density at radius 3 is 2.61 bits per heavy atom. The van der Waals surface area contributed by atoms with Crippen molar-refractivity contribution in [1.29, 1.82) is 0 Å². The van der Waals surface area contributed by atoms with Gasteiger partial charge in [0.1, 0.15) is 0 Å². The van der Waals surface area contributed by atoms with E-state index in [-0.39, 0.29) is 12.5 Å². The van der Waals surface area contributed by atoms with Crippen LogP contribution in [0.3, 0.4) is 0 Å². The summed E-state index contributed by atoms with van der Waals surface area (Å²) in [4.78, 5) is 26.2. The van der Waals surface area contributed by atoms with E-state index in [0.717, 1.165) is 5.69 Å². The number of aliphatic carboxylic acids is 1. The van der Waals surface area contributed by atoms with Gasteiger partial charge in [0.05, 0.1) is 18.2 Å². The number of aromatic nitrogens is 1. The zero-order valence-corrected chi connectivity index (χ0v) is 10.4. The second kappa shape index (κ2) is 6.58. The maximum absolute atomic E-state index is 11.6. The molecule has 2 amide bonds. The minimum absolute atomic E-state index is 0.106. The highest BCUT2D eigenvalue weighted by Crippen LogP contribution is 2.07. The molecule has 6 heteroatoms. The molecule has 0 aromatic carbocycles. The first kappa shape index (κ1) is 14.0. The van der Waals surface area contributed by atoms with Gasteiger partial charge in [-0.15, -0.1) is 0 Å². The normalized spacial score (nSPS) is 13.4. The van der Waals surface area contributed by atoms with Crippen LogP contribution in [-0.4, -0.2) is 28.1 Å². The molecule has 0 saturated carbocycles. The Hall–Kier alpha value is -2.11. The van der Waals surface area contributed by atoms with E-state index < -0.39 is 18.0 Å². The predicted octanol–water partition coefficient (Wildman–Crippen LogP) is 1.30. The van der Waals surface area contributed by atoms with Gasteiger partial charge >= 0.3 is 12.0 Å². The maximum Gasteiger partial charge on any atom is 0.315 e. The number of nitrogens with zero attached hydrogens (tertiary/aromatic N) is 1. The van der Waals surface area contributed by atoms with Crippen molar-refractivity contribution in [3.8, 4) is 0 Å². The van der Waals surface area contributed by atoms with Crippen LogP contribution in [-0.2, 0) is 4.79 Å². The highest BCUT2D eigenvalue weighted by Gasteiger charge is 2.13. The monoisotopic (exact) mass is 251 g/mol. The minimum Gasteiger partial charge on any atom is -0.481 e. The fourth-order valence-electron chi connectivity index (χ4n) is 1.48. The standard InChI is InChI=1S/C12H17N3O3/c1-8(7-11(16)17)14-12(18)15-9(2)10-5-3-4-6-13-10/h3-6,8-9H,7H2,1-2H3,(H,16,17)(H2,14,15,18). The van der Waals surface area contributed by atoms with Gasteiger partial charge in [-0.25, -0.2) is 4.79 Å². The number of carbonyl (C=O) groups excluding carboxylic acids is 1. The van der Waals surface area contributed by atoms with E-state index in [0.29, 0.717) is 0 Å². The van der Waals surface area contributed by atoms with Crippen LogP contribution in [0.4, 0.5) is 4.79 Å². The van der Waals surface area contributed by atoms with Gasteiger partial charge in [-0.3, -0.25) is 9.78 Å². The maximum atomic E-state index is 11.6. The van der Waals surface area contributed by atoms with Crippen LogP contribution in [0, 0.1) is 0 Å². The Balaban J connectivity index is 2.43. The third-order valence-corrected chi connectivity index (χ3v) is 2.34. The predicted molar refractivity (Wildman–Crippen MR) is 66.0 cm³/mol. The lowest BCUT2D eigenvalue weighted by atomic mass is 10.2. The fraction of sp³-hybridized carbons (Fsp3) is 0.417. The molecule has 0 aliphatic carbocycles. The van der Waals surface area contributed by atoms with Crippen molar-refractivity contribution in [2.24, 2.45) is 0 Å². The van der Waals surface area contributed by atoms with Gasteiger partial charge in [-0.05, 0) is 26.0 Å². The number of carbonyl (C=O) groups is 2. The van der Waals surface area contributed by atoms with E-state index in [2.05, 4.69) is 15.6 Å². The van der Waals surface area contributed by atoms with Crippen LogP contribution in [0.1, 0.15) is 32.0 Å². The smallest absolute Gasteiger partial charge is 0.315 e. The van der Waals surface area contributed by atoms with Gasteiger partial charge in [-0.2, -0.15) is 0 Å². The molecule has 0 aliphatic heterocycles. The molecule has 1 aromatic rings. The number of urea groups is 1. The van der Waals surface area contributed by atoms with Gasteiger partial charge in [-0.1, -0.05) is 6.07 Å². The lowest BCUT2D eigenvalue weighted by Gasteiger charge is -2.16. The molecule has 0 fully saturated rings. The van der Waals surface area contributed by atoms with E-state index in [9.17, 15) is 9.59 Å². The van der Waals surface area contributed by atoms with Crippen LogP contribution in [0.15, 0.2) is 24.4 Å². The van der Waals surface area contributed by atoms with Gasteiger partial charge in [0.2, 0.25) is 0 Å². The van der Waals surface area contributed by atoms with Crippen molar-refractivity contribution in [3.63, 3.8) is 0 Å². The van der Waals surface area contributed by atoms with Gasteiger partial charge < -0.3 is 15.7 Å². The van der Waals surface area contributed by atoms with Crippen molar-refractivity contribution < 1.29 is 14.7 Å². The van der Waals surface area contributed by atoms with E-state index >= 15 is 0 Å². The second-order valence-electron chi connectivity index (χ2n) is 4.09. The molecule has 2 unspecified atom stereocenters. The average Bonchev–Trinajstić information content (AvgIpc) is 2.28. The highest BCUT2D eigenvalue weighted by atomic mass is 16.4. The van der Waals surface area contributed by atoms with Gasteiger partial charge in [0.15, 0.2) is 0 Å². The SMILES string of the molecule is CC(CC(=O)O)NC(=O)NC(C)c1ccccn1. The van der Waals surface area contributed by atoms with Gasteiger partial charge in [0.25, 0.3) is 0 Å². The highest BCUT2D eigenvalue weighted by molar-refractivity contribution is 5.76. The molecule has 0 bridgehead atoms. The van der Waals surface area contributed by atoms with Crippen molar-refractivity contribution in [1.82, 2.24) is 15.6 Å². The number of pyridine rings is 1. The third-order valence-electron chi connectivity index (χ3n) is 2.34. The van der Waals surface area contributed by atoms with Crippen LogP contribution in [0.5, 0.6) is 0 Å². The molecule has 0 spiro atoms. The number of hydrogen-bond acceptors (Lipinski definition) is 3. The van der Waals surface area contributed by atoms with E-state index in [4.69, 9.17) is 5.11 Å². The number of amides is 2. The molecular weight excluding hydrogens is 234 g/mol. The van der Waals surface area contributed by atoms with Crippen molar-refractivity contribution in [3.05, 3.63) is 30.1 Å². The lowest BCUT2D eigenvalue weighted by molar-refractivity contribution is -0.137. The lowest BCUT2D eigenvalue weighted by Crippen LogP contribution is -2.42. The summed E-state index contributed by atoms with van der Waals surface area (Å²) in [5.41, 5.74) is 0.749. The molecule has 2 atom stereocenters. The van der Waals surface area contributed by atoms with Crippen LogP contribution < -0.4 is 10.6 Å². The van der Waals surface area contributed by atoms with Gasteiger partial charge in [0, 0.05) is 12.2 Å². The number of hydrogen-bond donors (Lipinski definition) is 3. The molecule has 1 rings (SSSR count). The minimum atomic E-state index is -0.944. The molecule has 1 heterocycles. The van der Waals surface area contributed by atoms with Crippen LogP contribution >= 0.6 is 0 Å². The topological polar surface area (TPSA) is 91.3 Å². The summed E-state index contributed by atoms with van der Waals surface area (Å²) in [6, 6.07) is 4.39. The zero-order valence-electron chi connectivity index (χ0n) is 10.4. The fourth-order valence-corrected chi connectivity index (χ4v) is 1.48. The quantitative estimate of drug-likeness (QED) is 0.735. The first-order valence-corrected chi connectivity index (χ1v) is 5.68. The third kappa shape index (κ3) is 4.82.